The van der Waals surface area contributed by atoms with Crippen molar-refractivity contribution in [3.63, 3.8) is 0 Å². The minimum absolute atomic E-state index is 0.349. The molecule has 0 aromatic carbocycles. The highest BCUT2D eigenvalue weighted by molar-refractivity contribution is 6.30. The Morgan fingerprint density at radius 2 is 1.68 bits per heavy atom. The minimum atomic E-state index is -0.403. The van der Waals surface area contributed by atoms with Crippen molar-refractivity contribution in [1.82, 2.24) is 0 Å². The molecule has 110 valence electrons. The van der Waals surface area contributed by atoms with Gasteiger partial charge in [-0.2, -0.15) is 0 Å². The van der Waals surface area contributed by atoms with Crippen LogP contribution in [0.5, 0.6) is 0 Å². The molecule has 0 aliphatic heterocycles. The normalized spacial score (nSPS) is 11.9. The molecular weight excluding hydrogens is 260 g/mol. The van der Waals surface area contributed by atoms with Gasteiger partial charge in [0.15, 0.2) is 0 Å². The molecule has 1 atom stereocenters. The van der Waals surface area contributed by atoms with Crippen molar-refractivity contribution in [2.75, 3.05) is 0 Å². The van der Waals surface area contributed by atoms with Crippen LogP contribution in [0.2, 0.25) is 0 Å². The Balaban J connectivity index is 3.68. The first-order valence-electron chi connectivity index (χ1n) is 7.29. The summed E-state index contributed by atoms with van der Waals surface area (Å²) >= 11 is 5.84. The number of hydrogen-bond donors (Lipinski definition) is 0. The van der Waals surface area contributed by atoms with Gasteiger partial charge in [-0.05, 0) is 6.42 Å². The predicted octanol–water partition coefficient (Wildman–Crippen LogP) is 5.57. The Labute approximate surface area is 122 Å². The Bertz CT molecular complexity index is 274. The van der Waals surface area contributed by atoms with E-state index in [0.717, 1.165) is 19.1 Å². The second kappa shape index (κ2) is 12.3. The lowest BCUT2D eigenvalue weighted by atomic mass is 10.00. The molecule has 0 aromatic heterocycles. The van der Waals surface area contributed by atoms with Crippen LogP contribution in [-0.4, -0.2) is 5.97 Å². The van der Waals surface area contributed by atoms with Gasteiger partial charge in [-0.25, -0.2) is 0 Å². The molecule has 0 N–H and O–H groups in total. The third-order valence-corrected chi connectivity index (χ3v) is 3.47. The second-order valence-electron chi connectivity index (χ2n) is 4.87. The molecule has 0 aliphatic carbocycles. The van der Waals surface area contributed by atoms with E-state index in [-0.39, 0.29) is 5.97 Å². The molecular formula is C16H27ClO2. The van der Waals surface area contributed by atoms with Gasteiger partial charge in [0.05, 0.1) is 12.2 Å². The zero-order chi connectivity index (χ0) is 14.5. The largest absolute Gasteiger partial charge is 0.435 e. The topological polar surface area (TPSA) is 26.3 Å². The van der Waals surface area contributed by atoms with Crippen LogP contribution >= 0.6 is 11.6 Å². The fraction of sp³-hybridized carbons (Fsp3) is 0.688. The fourth-order valence-corrected chi connectivity index (χ4v) is 2.25. The van der Waals surface area contributed by atoms with Crippen molar-refractivity contribution in [3.8, 4) is 0 Å². The maximum Gasteiger partial charge on any atom is 0.319 e. The van der Waals surface area contributed by atoms with Gasteiger partial charge in [-0.3, -0.25) is 4.79 Å². The van der Waals surface area contributed by atoms with Gasteiger partial charge >= 0.3 is 5.97 Å². The van der Waals surface area contributed by atoms with E-state index >= 15 is 0 Å². The second-order valence-corrected chi connectivity index (χ2v) is 5.35. The van der Waals surface area contributed by atoms with Gasteiger partial charge < -0.3 is 4.74 Å². The van der Waals surface area contributed by atoms with Crippen molar-refractivity contribution < 1.29 is 9.53 Å². The summed E-state index contributed by atoms with van der Waals surface area (Å²) in [6, 6.07) is 0. The number of esters is 1. The number of unbranched alkanes of at least 4 members (excludes halogenated alkanes) is 7. The summed E-state index contributed by atoms with van der Waals surface area (Å²) in [6.07, 6.45) is 11.7. The fourth-order valence-electron chi connectivity index (χ4n) is 2.05. The Kier molecular flexibility index (Phi) is 11.8. The average Bonchev–Trinajstić information content (AvgIpc) is 2.36. The molecule has 0 fully saturated rings. The molecule has 0 radical (unpaired) electrons. The molecule has 19 heavy (non-hydrogen) atoms. The first kappa shape index (κ1) is 18.2. The van der Waals surface area contributed by atoms with Gasteiger partial charge in [0.2, 0.25) is 0 Å². The van der Waals surface area contributed by atoms with Crippen molar-refractivity contribution in [3.05, 3.63) is 24.5 Å². The highest BCUT2D eigenvalue weighted by Gasteiger charge is 2.21. The lowest BCUT2D eigenvalue weighted by molar-refractivity contribution is -0.141. The summed E-state index contributed by atoms with van der Waals surface area (Å²) in [4.78, 5) is 11.6. The average molecular weight is 287 g/mol. The van der Waals surface area contributed by atoms with E-state index in [1.54, 1.807) is 0 Å². The molecule has 0 spiro atoms. The molecule has 0 saturated carbocycles. The monoisotopic (exact) mass is 286 g/mol. The zero-order valence-corrected chi connectivity index (χ0v) is 12.9. The third kappa shape index (κ3) is 9.77. The standard InChI is InChI=1S/C16H27ClO2/c1-4-6-7-8-9-10-11-12-13-15(14(3)17)16(18)19-5-2/h5,15H,2-4,6-13H2,1H3. The molecule has 0 aromatic rings. The molecule has 0 heterocycles. The van der Waals surface area contributed by atoms with Crippen LogP contribution in [0, 0.1) is 5.92 Å². The van der Waals surface area contributed by atoms with Crippen LogP contribution in [0.4, 0.5) is 0 Å². The summed E-state index contributed by atoms with van der Waals surface area (Å²) in [6.45, 7) is 9.23. The molecule has 0 aliphatic rings. The lowest BCUT2D eigenvalue weighted by Crippen LogP contribution is -2.15. The van der Waals surface area contributed by atoms with Gasteiger partial charge in [-0.1, -0.05) is 83.0 Å². The van der Waals surface area contributed by atoms with Gasteiger partial charge in [0, 0.05) is 5.03 Å². The van der Waals surface area contributed by atoms with E-state index in [4.69, 9.17) is 16.3 Å². The van der Waals surface area contributed by atoms with E-state index in [1.165, 1.54) is 38.5 Å². The van der Waals surface area contributed by atoms with E-state index < -0.39 is 5.92 Å². The van der Waals surface area contributed by atoms with E-state index in [9.17, 15) is 4.79 Å². The maximum atomic E-state index is 11.6. The van der Waals surface area contributed by atoms with Crippen LogP contribution in [-0.2, 0) is 9.53 Å². The van der Waals surface area contributed by atoms with Crippen LogP contribution in [0.1, 0.15) is 64.7 Å². The van der Waals surface area contributed by atoms with Crippen molar-refractivity contribution in [2.24, 2.45) is 5.92 Å². The number of rotatable bonds is 12. The summed E-state index contributed by atoms with van der Waals surface area (Å²) in [7, 11) is 0. The summed E-state index contributed by atoms with van der Waals surface area (Å²) in [5.41, 5.74) is 0. The molecule has 0 rings (SSSR count). The van der Waals surface area contributed by atoms with Gasteiger partial charge in [0.25, 0.3) is 0 Å². The van der Waals surface area contributed by atoms with Crippen molar-refractivity contribution in [2.45, 2.75) is 64.7 Å². The number of carbonyl (C=O) groups is 1. The molecule has 0 saturated heterocycles. The van der Waals surface area contributed by atoms with Gasteiger partial charge in [0.1, 0.15) is 0 Å². The van der Waals surface area contributed by atoms with Crippen LogP contribution in [0.15, 0.2) is 24.5 Å². The quantitative estimate of drug-likeness (QED) is 0.266. The number of carbonyl (C=O) groups excluding carboxylic acids is 1. The highest BCUT2D eigenvalue weighted by Crippen LogP contribution is 2.22. The first-order chi connectivity index (χ1) is 9.13. The highest BCUT2D eigenvalue weighted by atomic mass is 35.5. The smallest absolute Gasteiger partial charge is 0.319 e. The third-order valence-electron chi connectivity index (χ3n) is 3.21. The van der Waals surface area contributed by atoms with Gasteiger partial charge in [-0.15, -0.1) is 0 Å². The van der Waals surface area contributed by atoms with E-state index in [1.807, 2.05) is 0 Å². The van der Waals surface area contributed by atoms with Crippen LogP contribution < -0.4 is 0 Å². The molecule has 0 amide bonds. The number of halogens is 1. The molecule has 0 bridgehead atoms. The Morgan fingerprint density at radius 1 is 1.16 bits per heavy atom. The number of ether oxygens (including phenoxy) is 1. The summed E-state index contributed by atoms with van der Waals surface area (Å²) in [5, 5.41) is 0.356. The molecule has 2 nitrogen and oxygen atoms in total. The summed E-state index contributed by atoms with van der Waals surface area (Å²) < 4.78 is 4.77. The van der Waals surface area contributed by atoms with Crippen molar-refractivity contribution in [1.29, 1.82) is 0 Å². The lowest BCUT2D eigenvalue weighted by Gasteiger charge is -2.12. The van der Waals surface area contributed by atoms with Crippen LogP contribution in [0.3, 0.4) is 0 Å². The van der Waals surface area contributed by atoms with Crippen molar-refractivity contribution >= 4 is 17.6 Å². The zero-order valence-electron chi connectivity index (χ0n) is 12.1. The number of hydrogen-bond acceptors (Lipinski definition) is 2. The van der Waals surface area contributed by atoms with E-state index in [2.05, 4.69) is 20.1 Å². The molecule has 3 heteroatoms. The Hall–Kier alpha value is -0.760. The predicted molar refractivity (Wildman–Crippen MR) is 82.0 cm³/mol. The minimum Gasteiger partial charge on any atom is -0.435 e. The maximum absolute atomic E-state index is 11.6. The Morgan fingerprint density at radius 3 is 2.16 bits per heavy atom. The summed E-state index contributed by atoms with van der Waals surface area (Å²) in [5.74, 6) is -0.752. The van der Waals surface area contributed by atoms with Crippen LogP contribution in [0.25, 0.3) is 0 Å². The SMILES string of the molecule is C=COC(=O)C(CCCCCCCCCC)C(=C)Cl. The first-order valence-corrected chi connectivity index (χ1v) is 7.67. The molecule has 1 unspecified atom stereocenters. The van der Waals surface area contributed by atoms with E-state index in [0.29, 0.717) is 11.5 Å².